The lowest BCUT2D eigenvalue weighted by molar-refractivity contribution is 0.122. The van der Waals surface area contributed by atoms with Crippen LogP contribution in [0.1, 0.15) is 17.0 Å². The molecule has 1 aliphatic rings. The number of anilines is 1. The zero-order valence-corrected chi connectivity index (χ0v) is 22.0. The van der Waals surface area contributed by atoms with E-state index in [0.717, 1.165) is 41.0 Å². The van der Waals surface area contributed by atoms with Gasteiger partial charge in [-0.2, -0.15) is 4.98 Å². The fourth-order valence-electron chi connectivity index (χ4n) is 3.69. The van der Waals surface area contributed by atoms with Crippen molar-refractivity contribution in [2.75, 3.05) is 31.2 Å². The molecule has 3 N–H and O–H groups in total. The van der Waals surface area contributed by atoms with E-state index >= 15 is 0 Å². The molecular formula is C23H27N6O6PS. The van der Waals surface area contributed by atoms with Gasteiger partial charge in [-0.15, -0.1) is 10.2 Å². The van der Waals surface area contributed by atoms with Gasteiger partial charge < -0.3 is 28.8 Å². The smallest absolute Gasteiger partial charge is 0.378 e. The minimum atomic E-state index is -4.64. The molecule has 0 aliphatic carbocycles. The number of thioether (sulfide) groups is 1. The monoisotopic (exact) mass is 546 g/mol. The minimum Gasteiger partial charge on any atom is -0.378 e. The van der Waals surface area contributed by atoms with E-state index in [1.54, 1.807) is 0 Å². The number of aryl methyl sites for hydroxylation is 2. The van der Waals surface area contributed by atoms with E-state index in [1.807, 2.05) is 31.2 Å². The molecule has 37 heavy (non-hydrogen) atoms. The summed E-state index contributed by atoms with van der Waals surface area (Å²) in [6.45, 7) is 7.08. The van der Waals surface area contributed by atoms with Gasteiger partial charge in [-0.3, -0.25) is 4.57 Å². The van der Waals surface area contributed by atoms with Gasteiger partial charge in [0.05, 0.1) is 24.7 Å². The lowest BCUT2D eigenvalue weighted by Crippen LogP contribution is -2.37. The summed E-state index contributed by atoms with van der Waals surface area (Å²) >= 11 is 1.53. The van der Waals surface area contributed by atoms with E-state index in [-0.39, 0.29) is 0 Å². The molecule has 1 fully saturated rings. The summed E-state index contributed by atoms with van der Waals surface area (Å²) in [5.41, 5.74) is 4.30. The first-order chi connectivity index (χ1) is 17.7. The van der Waals surface area contributed by atoms with Crippen LogP contribution < -0.4 is 4.90 Å². The van der Waals surface area contributed by atoms with Crippen LogP contribution in [0.4, 0.5) is 5.95 Å². The number of hydrogen-bond acceptors (Lipinski definition) is 9. The van der Waals surface area contributed by atoms with Crippen LogP contribution in [0, 0.1) is 13.8 Å². The maximum atomic E-state index is 8.88. The molecule has 12 nitrogen and oxygen atoms in total. The number of rotatable bonds is 6. The number of nitrogens with zero attached hydrogens (tertiary/aromatic N) is 6. The third kappa shape index (κ3) is 7.48. The van der Waals surface area contributed by atoms with Gasteiger partial charge in [0, 0.05) is 18.7 Å². The van der Waals surface area contributed by atoms with E-state index in [4.69, 9.17) is 28.5 Å². The normalized spacial score (nSPS) is 13.8. The molecule has 196 valence electrons. The molecule has 3 heterocycles. The Bertz CT molecular complexity index is 1380. The quantitative estimate of drug-likeness (QED) is 0.240. The molecular weight excluding hydrogens is 519 g/mol. The van der Waals surface area contributed by atoms with Crippen molar-refractivity contribution in [2.24, 2.45) is 0 Å². The van der Waals surface area contributed by atoms with Crippen LogP contribution in [0.25, 0.3) is 17.1 Å². The molecule has 0 bridgehead atoms. The second kappa shape index (κ2) is 12.0. The first-order valence-corrected chi connectivity index (χ1v) is 13.9. The number of ether oxygens (including phenoxy) is 1. The second-order valence-corrected chi connectivity index (χ2v) is 10.2. The van der Waals surface area contributed by atoms with Crippen molar-refractivity contribution in [3.05, 3.63) is 65.5 Å². The van der Waals surface area contributed by atoms with Crippen LogP contribution in [0.2, 0.25) is 0 Å². The molecule has 2 aromatic carbocycles. The highest BCUT2D eigenvalue weighted by Gasteiger charge is 2.22. The summed E-state index contributed by atoms with van der Waals surface area (Å²) in [6, 6.07) is 16.4. The van der Waals surface area contributed by atoms with Crippen LogP contribution in [0.3, 0.4) is 0 Å². The van der Waals surface area contributed by atoms with E-state index < -0.39 is 7.82 Å². The highest BCUT2D eigenvalue weighted by atomic mass is 32.2. The first kappa shape index (κ1) is 27.0. The number of phosphoric acid groups is 1. The van der Waals surface area contributed by atoms with Crippen LogP contribution in [-0.4, -0.2) is 65.9 Å². The van der Waals surface area contributed by atoms with Gasteiger partial charge >= 0.3 is 7.82 Å². The van der Waals surface area contributed by atoms with Crippen molar-refractivity contribution in [2.45, 2.75) is 24.8 Å². The Morgan fingerprint density at radius 1 is 1.03 bits per heavy atom. The van der Waals surface area contributed by atoms with Crippen molar-refractivity contribution in [3.63, 3.8) is 0 Å². The molecule has 0 saturated carbocycles. The fourth-order valence-corrected chi connectivity index (χ4v) is 4.47. The van der Waals surface area contributed by atoms with E-state index in [9.17, 15) is 0 Å². The van der Waals surface area contributed by atoms with Gasteiger partial charge in [0.25, 0.3) is 0 Å². The zero-order chi connectivity index (χ0) is 26.4. The third-order valence-corrected chi connectivity index (χ3v) is 6.26. The molecule has 5 rings (SSSR count). The summed E-state index contributed by atoms with van der Waals surface area (Å²) in [6.07, 6.45) is 0. The zero-order valence-electron chi connectivity index (χ0n) is 20.3. The average Bonchev–Trinajstić information content (AvgIpc) is 3.50. The molecule has 4 aromatic rings. The SMILES string of the molecule is Cc1cccc(-n2c(SCc3nc(-c4ccccc4C)no3)nnc2N2CCOCC2)c1.O=P(O)(O)O. The van der Waals surface area contributed by atoms with Crippen molar-refractivity contribution in [3.8, 4) is 17.1 Å². The topological polar surface area (TPSA) is 160 Å². The van der Waals surface area contributed by atoms with Crippen molar-refractivity contribution < 1.29 is 28.5 Å². The molecule has 0 amide bonds. The van der Waals surface area contributed by atoms with Gasteiger partial charge in [0.2, 0.25) is 17.7 Å². The predicted molar refractivity (Wildman–Crippen MR) is 137 cm³/mol. The second-order valence-electron chi connectivity index (χ2n) is 8.19. The summed E-state index contributed by atoms with van der Waals surface area (Å²) < 4.78 is 22.0. The molecule has 0 spiro atoms. The van der Waals surface area contributed by atoms with Gasteiger partial charge in [0.1, 0.15) is 0 Å². The molecule has 0 atom stereocenters. The number of aromatic nitrogens is 5. The van der Waals surface area contributed by atoms with Crippen LogP contribution in [-0.2, 0) is 15.1 Å². The number of morpholine rings is 1. The third-order valence-electron chi connectivity index (χ3n) is 5.35. The number of hydrogen-bond donors (Lipinski definition) is 3. The molecule has 14 heteroatoms. The lowest BCUT2D eigenvalue weighted by Gasteiger charge is -2.28. The summed E-state index contributed by atoms with van der Waals surface area (Å²) in [5, 5.41) is 14.0. The standard InChI is InChI=1S/C23H24N6O2S.H3O4P/c1-16-6-5-8-18(14-16)29-22(28-10-12-30-13-11-28)25-26-23(29)32-15-20-24-21(27-31-20)19-9-4-3-7-17(19)2;1-5(2,3)4/h3-9,14H,10-13,15H2,1-2H3;(H3,1,2,3,4). The van der Waals surface area contributed by atoms with Gasteiger partial charge in [0.15, 0.2) is 5.16 Å². The predicted octanol–water partition coefficient (Wildman–Crippen LogP) is 3.13. The Labute approximate surface area is 217 Å². The van der Waals surface area contributed by atoms with Gasteiger partial charge in [-0.25, -0.2) is 4.57 Å². The van der Waals surface area contributed by atoms with E-state index in [1.165, 1.54) is 17.3 Å². The molecule has 0 radical (unpaired) electrons. The highest BCUT2D eigenvalue weighted by molar-refractivity contribution is 7.98. The van der Waals surface area contributed by atoms with Crippen molar-refractivity contribution >= 4 is 25.5 Å². The van der Waals surface area contributed by atoms with Crippen LogP contribution in [0.5, 0.6) is 0 Å². The lowest BCUT2D eigenvalue weighted by atomic mass is 10.1. The molecule has 0 unspecified atom stereocenters. The minimum absolute atomic E-state index is 0.506. The van der Waals surface area contributed by atoms with Gasteiger partial charge in [-0.05, 0) is 37.1 Å². The maximum absolute atomic E-state index is 8.88. The summed E-state index contributed by atoms with van der Waals surface area (Å²) in [5.74, 6) is 2.49. The Morgan fingerprint density at radius 3 is 2.46 bits per heavy atom. The van der Waals surface area contributed by atoms with Crippen molar-refractivity contribution in [1.82, 2.24) is 24.9 Å². The van der Waals surface area contributed by atoms with E-state index in [2.05, 4.69) is 61.0 Å². The van der Waals surface area contributed by atoms with Gasteiger partial charge in [-0.1, -0.05) is 53.3 Å². The van der Waals surface area contributed by atoms with Crippen LogP contribution in [0.15, 0.2) is 58.2 Å². The average molecular weight is 547 g/mol. The number of benzene rings is 2. The molecule has 2 aromatic heterocycles. The Hall–Kier alpha value is -3.06. The highest BCUT2D eigenvalue weighted by Crippen LogP contribution is 2.30. The summed E-state index contributed by atoms with van der Waals surface area (Å²) in [7, 11) is -4.64. The Kier molecular flexibility index (Phi) is 8.75. The van der Waals surface area contributed by atoms with Crippen LogP contribution >= 0.6 is 19.6 Å². The maximum Gasteiger partial charge on any atom is 0.466 e. The van der Waals surface area contributed by atoms with E-state index in [0.29, 0.717) is 30.7 Å². The fraction of sp³-hybridized carbons (Fsp3) is 0.304. The molecule has 1 saturated heterocycles. The Morgan fingerprint density at radius 2 is 1.76 bits per heavy atom. The molecule has 1 aliphatic heterocycles. The first-order valence-electron chi connectivity index (χ1n) is 11.3. The van der Waals surface area contributed by atoms with Crippen molar-refractivity contribution in [1.29, 1.82) is 0 Å². The summed E-state index contributed by atoms with van der Waals surface area (Å²) in [4.78, 5) is 28.4. The largest absolute Gasteiger partial charge is 0.466 e. The Balaban J connectivity index is 0.000000586.